The van der Waals surface area contributed by atoms with Gasteiger partial charge in [-0.1, -0.05) is 60.7 Å². The van der Waals surface area contributed by atoms with Crippen LogP contribution in [0.15, 0.2) is 78.9 Å². The number of benzene rings is 3. The molecule has 0 amide bonds. The van der Waals surface area contributed by atoms with E-state index in [1.165, 1.54) is 0 Å². The van der Waals surface area contributed by atoms with Crippen LogP contribution >= 0.6 is 0 Å². The van der Waals surface area contributed by atoms with Crippen molar-refractivity contribution >= 4 is 5.97 Å². The average molecular weight is 318 g/mol. The van der Waals surface area contributed by atoms with Crippen molar-refractivity contribution < 1.29 is 14.3 Å². The van der Waals surface area contributed by atoms with E-state index in [0.29, 0.717) is 5.75 Å². The van der Waals surface area contributed by atoms with Gasteiger partial charge in [0.05, 0.1) is 13.5 Å². The van der Waals surface area contributed by atoms with E-state index in [1.807, 2.05) is 78.9 Å². The first-order valence-corrected chi connectivity index (χ1v) is 7.74. The molecule has 0 aliphatic rings. The smallest absolute Gasteiger partial charge is 0.315 e. The minimum absolute atomic E-state index is 0.215. The molecule has 3 heteroatoms. The van der Waals surface area contributed by atoms with Gasteiger partial charge in [0, 0.05) is 5.56 Å². The largest absolute Gasteiger partial charge is 0.497 e. The molecule has 3 aromatic rings. The number of para-hydroxylation sites is 1. The third-order valence-electron chi connectivity index (χ3n) is 3.70. The van der Waals surface area contributed by atoms with Crippen molar-refractivity contribution in [2.45, 2.75) is 6.42 Å². The van der Waals surface area contributed by atoms with Crippen LogP contribution < -0.4 is 9.47 Å². The van der Waals surface area contributed by atoms with Crippen molar-refractivity contribution in [3.8, 4) is 22.6 Å². The number of methoxy groups -OCH3 is 1. The molecule has 3 rings (SSSR count). The lowest BCUT2D eigenvalue weighted by atomic mass is 10.0. The molecule has 0 fully saturated rings. The van der Waals surface area contributed by atoms with Crippen molar-refractivity contribution in [3.63, 3.8) is 0 Å². The van der Waals surface area contributed by atoms with Crippen molar-refractivity contribution in [1.29, 1.82) is 0 Å². The van der Waals surface area contributed by atoms with Crippen molar-refractivity contribution in [3.05, 3.63) is 84.4 Å². The highest BCUT2D eigenvalue weighted by atomic mass is 16.5. The van der Waals surface area contributed by atoms with Gasteiger partial charge in [-0.25, -0.2) is 0 Å². The number of carbonyl (C=O) groups excluding carboxylic acids is 1. The molecule has 0 aromatic heterocycles. The molecule has 0 unspecified atom stereocenters. The lowest BCUT2D eigenvalue weighted by Crippen LogP contribution is -2.11. The Hall–Kier alpha value is -3.07. The lowest BCUT2D eigenvalue weighted by Gasteiger charge is -2.10. The topological polar surface area (TPSA) is 35.5 Å². The van der Waals surface area contributed by atoms with E-state index >= 15 is 0 Å². The summed E-state index contributed by atoms with van der Waals surface area (Å²) in [6.07, 6.45) is 0.215. The molecule has 0 saturated carbocycles. The molecule has 24 heavy (non-hydrogen) atoms. The summed E-state index contributed by atoms with van der Waals surface area (Å²) >= 11 is 0. The van der Waals surface area contributed by atoms with Crippen LogP contribution in [-0.4, -0.2) is 13.1 Å². The summed E-state index contributed by atoms with van der Waals surface area (Å²) in [5.41, 5.74) is 2.81. The molecule has 3 aromatic carbocycles. The normalized spacial score (nSPS) is 10.2. The molecule has 0 bridgehead atoms. The quantitative estimate of drug-likeness (QED) is 0.513. The predicted molar refractivity (Wildman–Crippen MR) is 94.2 cm³/mol. The molecule has 0 heterocycles. The predicted octanol–water partition coefficient (Wildman–Crippen LogP) is 4.51. The number of esters is 1. The Bertz CT molecular complexity index is 808. The van der Waals surface area contributed by atoms with Crippen molar-refractivity contribution in [1.82, 2.24) is 0 Å². The number of hydrogen-bond donors (Lipinski definition) is 0. The van der Waals surface area contributed by atoms with E-state index in [2.05, 4.69) is 0 Å². The van der Waals surface area contributed by atoms with Gasteiger partial charge in [0.1, 0.15) is 11.5 Å². The summed E-state index contributed by atoms with van der Waals surface area (Å²) in [7, 11) is 1.61. The number of ether oxygens (including phenoxy) is 2. The van der Waals surface area contributed by atoms with Gasteiger partial charge >= 0.3 is 5.97 Å². The fraction of sp³-hybridized carbons (Fsp3) is 0.0952. The van der Waals surface area contributed by atoms with E-state index in [4.69, 9.17) is 9.47 Å². The zero-order valence-electron chi connectivity index (χ0n) is 13.4. The SMILES string of the molecule is COc1ccc(CC(=O)Oc2ccccc2-c2ccccc2)cc1. The van der Waals surface area contributed by atoms with Crippen LogP contribution in [-0.2, 0) is 11.2 Å². The molecular weight excluding hydrogens is 300 g/mol. The maximum absolute atomic E-state index is 12.3. The summed E-state index contributed by atoms with van der Waals surface area (Å²) < 4.78 is 10.7. The maximum Gasteiger partial charge on any atom is 0.315 e. The molecule has 0 spiro atoms. The fourth-order valence-corrected chi connectivity index (χ4v) is 2.48. The molecule has 120 valence electrons. The maximum atomic E-state index is 12.3. The molecule has 0 N–H and O–H groups in total. The van der Waals surface area contributed by atoms with E-state index < -0.39 is 0 Å². The highest BCUT2D eigenvalue weighted by Crippen LogP contribution is 2.29. The van der Waals surface area contributed by atoms with Gasteiger partial charge in [0.25, 0.3) is 0 Å². The van der Waals surface area contributed by atoms with Crippen molar-refractivity contribution in [2.75, 3.05) is 7.11 Å². The van der Waals surface area contributed by atoms with E-state index in [9.17, 15) is 4.79 Å². The molecule has 3 nitrogen and oxygen atoms in total. The van der Waals surface area contributed by atoms with Gasteiger partial charge in [-0.15, -0.1) is 0 Å². The Morgan fingerprint density at radius 3 is 2.21 bits per heavy atom. The first-order chi connectivity index (χ1) is 11.8. The second-order valence-corrected chi connectivity index (χ2v) is 5.36. The number of rotatable bonds is 5. The van der Waals surface area contributed by atoms with Crippen LogP contribution in [0.5, 0.6) is 11.5 Å². The van der Waals surface area contributed by atoms with E-state index in [0.717, 1.165) is 22.4 Å². The number of hydrogen-bond acceptors (Lipinski definition) is 3. The third kappa shape index (κ3) is 3.82. The average Bonchev–Trinajstić information content (AvgIpc) is 2.63. The van der Waals surface area contributed by atoms with Gasteiger partial charge in [-0.3, -0.25) is 4.79 Å². The second kappa shape index (κ2) is 7.47. The summed E-state index contributed by atoms with van der Waals surface area (Å²) in [6, 6.07) is 24.8. The Kier molecular flexibility index (Phi) is 4.92. The molecule has 0 saturated heterocycles. The van der Waals surface area contributed by atoms with Gasteiger partial charge in [-0.2, -0.15) is 0 Å². The Labute approximate surface area is 141 Å². The zero-order chi connectivity index (χ0) is 16.8. The minimum Gasteiger partial charge on any atom is -0.497 e. The van der Waals surface area contributed by atoms with Gasteiger partial charge < -0.3 is 9.47 Å². The van der Waals surface area contributed by atoms with Crippen LogP contribution in [0, 0.1) is 0 Å². The first-order valence-electron chi connectivity index (χ1n) is 7.74. The molecule has 0 aliphatic heterocycles. The highest BCUT2D eigenvalue weighted by Gasteiger charge is 2.11. The zero-order valence-corrected chi connectivity index (χ0v) is 13.4. The number of carbonyl (C=O) groups is 1. The van der Waals surface area contributed by atoms with Crippen LogP contribution in [0.3, 0.4) is 0 Å². The Morgan fingerprint density at radius 2 is 1.50 bits per heavy atom. The Balaban J connectivity index is 1.75. The van der Waals surface area contributed by atoms with E-state index in [1.54, 1.807) is 7.11 Å². The standard InChI is InChI=1S/C21H18O3/c1-23-18-13-11-16(12-14-18)15-21(22)24-20-10-6-5-9-19(20)17-7-3-2-4-8-17/h2-14H,15H2,1H3. The molecule has 0 aliphatic carbocycles. The molecular formula is C21H18O3. The summed E-state index contributed by atoms with van der Waals surface area (Å²) in [6.45, 7) is 0. The summed E-state index contributed by atoms with van der Waals surface area (Å²) in [4.78, 5) is 12.3. The van der Waals surface area contributed by atoms with Gasteiger partial charge in [0.15, 0.2) is 0 Å². The monoisotopic (exact) mass is 318 g/mol. The summed E-state index contributed by atoms with van der Waals surface area (Å²) in [5, 5.41) is 0. The van der Waals surface area contributed by atoms with Crippen LogP contribution in [0.2, 0.25) is 0 Å². The summed E-state index contributed by atoms with van der Waals surface area (Å²) in [5.74, 6) is 1.05. The lowest BCUT2D eigenvalue weighted by molar-refractivity contribution is -0.133. The molecule has 0 atom stereocenters. The second-order valence-electron chi connectivity index (χ2n) is 5.36. The van der Waals surface area contributed by atoms with Crippen molar-refractivity contribution in [2.24, 2.45) is 0 Å². The van der Waals surface area contributed by atoms with Crippen LogP contribution in [0.25, 0.3) is 11.1 Å². The van der Waals surface area contributed by atoms with Crippen LogP contribution in [0.4, 0.5) is 0 Å². The Morgan fingerprint density at radius 1 is 0.833 bits per heavy atom. The van der Waals surface area contributed by atoms with Crippen LogP contribution in [0.1, 0.15) is 5.56 Å². The third-order valence-corrected chi connectivity index (χ3v) is 3.70. The minimum atomic E-state index is -0.288. The van der Waals surface area contributed by atoms with Gasteiger partial charge in [0.2, 0.25) is 0 Å². The highest BCUT2D eigenvalue weighted by molar-refractivity contribution is 5.79. The fourth-order valence-electron chi connectivity index (χ4n) is 2.48. The first kappa shape index (κ1) is 15.8. The molecule has 0 radical (unpaired) electrons. The van der Waals surface area contributed by atoms with E-state index in [-0.39, 0.29) is 12.4 Å². The van der Waals surface area contributed by atoms with Gasteiger partial charge in [-0.05, 0) is 29.3 Å².